The van der Waals surface area contributed by atoms with Gasteiger partial charge in [0.25, 0.3) is 0 Å². The summed E-state index contributed by atoms with van der Waals surface area (Å²) in [5, 5.41) is 34.8. The maximum atomic E-state index is 13.2. The highest BCUT2D eigenvalue weighted by molar-refractivity contribution is 5.95. The molecule has 8 N–H and O–H groups in total. The van der Waals surface area contributed by atoms with E-state index in [1.165, 1.54) is 12.1 Å². The number of rotatable bonds is 13. The smallest absolute Gasteiger partial charge is 0.326 e. The first kappa shape index (κ1) is 29.4. The van der Waals surface area contributed by atoms with Crippen molar-refractivity contribution in [1.29, 1.82) is 0 Å². The van der Waals surface area contributed by atoms with Gasteiger partial charge >= 0.3 is 11.9 Å². The molecule has 0 aromatic heterocycles. The predicted octanol–water partition coefficient (Wildman–Crippen LogP) is -0.412. The van der Waals surface area contributed by atoms with Crippen LogP contribution in [0.2, 0.25) is 0 Å². The van der Waals surface area contributed by atoms with Gasteiger partial charge in [-0.05, 0) is 29.5 Å². The molecule has 1 rings (SSSR count). The van der Waals surface area contributed by atoms with Gasteiger partial charge < -0.3 is 37.0 Å². The van der Waals surface area contributed by atoms with Gasteiger partial charge in [0, 0.05) is 6.42 Å². The zero-order valence-electron chi connectivity index (χ0n) is 20.1. The molecule has 0 heterocycles. The van der Waals surface area contributed by atoms with Crippen LogP contribution in [0.3, 0.4) is 0 Å². The van der Waals surface area contributed by atoms with Gasteiger partial charge in [0.1, 0.15) is 23.9 Å². The SMILES string of the molecule is CC(C)C(N)C(=O)NC(Cc1ccc(O)cc1)C(=O)NC(C(=O)NC(CC(=O)O)C(=O)O)C(C)C. The minimum absolute atomic E-state index is 0.0197. The Morgan fingerprint density at radius 2 is 1.34 bits per heavy atom. The molecule has 0 aliphatic carbocycles. The van der Waals surface area contributed by atoms with Crippen LogP contribution in [0.1, 0.15) is 39.7 Å². The molecule has 0 spiro atoms. The lowest BCUT2D eigenvalue weighted by Crippen LogP contribution is -2.59. The maximum Gasteiger partial charge on any atom is 0.326 e. The second kappa shape index (κ2) is 13.3. The molecule has 0 saturated carbocycles. The molecule has 0 aliphatic heterocycles. The van der Waals surface area contributed by atoms with Gasteiger partial charge in [-0.2, -0.15) is 0 Å². The van der Waals surface area contributed by atoms with E-state index in [1.807, 2.05) is 0 Å². The monoisotopic (exact) mass is 494 g/mol. The summed E-state index contributed by atoms with van der Waals surface area (Å²) in [6.07, 6.45) is -0.821. The molecule has 12 nitrogen and oxygen atoms in total. The van der Waals surface area contributed by atoms with Crippen molar-refractivity contribution < 1.29 is 39.3 Å². The van der Waals surface area contributed by atoms with Crippen molar-refractivity contribution in [2.45, 2.75) is 64.7 Å². The Morgan fingerprint density at radius 3 is 1.80 bits per heavy atom. The highest BCUT2D eigenvalue weighted by Gasteiger charge is 2.33. The fourth-order valence-corrected chi connectivity index (χ4v) is 3.07. The number of benzene rings is 1. The van der Waals surface area contributed by atoms with Crippen LogP contribution in [0.15, 0.2) is 24.3 Å². The molecule has 0 radical (unpaired) electrons. The quantitative estimate of drug-likeness (QED) is 0.190. The third-order valence-corrected chi connectivity index (χ3v) is 5.27. The van der Waals surface area contributed by atoms with Crippen molar-refractivity contribution in [3.05, 3.63) is 29.8 Å². The van der Waals surface area contributed by atoms with Crippen molar-refractivity contribution in [3.8, 4) is 5.75 Å². The summed E-state index contributed by atoms with van der Waals surface area (Å²) in [6, 6.07) is 1.06. The lowest BCUT2D eigenvalue weighted by Gasteiger charge is -2.27. The van der Waals surface area contributed by atoms with E-state index < -0.39 is 66.2 Å². The number of carboxylic acid groups (broad SMARTS) is 2. The van der Waals surface area contributed by atoms with Crippen molar-refractivity contribution >= 4 is 29.7 Å². The zero-order chi connectivity index (χ0) is 26.9. The minimum atomic E-state index is -1.69. The number of carboxylic acids is 2. The first-order valence-electron chi connectivity index (χ1n) is 11.1. The first-order valence-corrected chi connectivity index (χ1v) is 11.1. The summed E-state index contributed by atoms with van der Waals surface area (Å²) in [5.41, 5.74) is 6.51. The van der Waals surface area contributed by atoms with Crippen LogP contribution in [0, 0.1) is 11.8 Å². The van der Waals surface area contributed by atoms with Gasteiger partial charge in [0.05, 0.1) is 12.5 Å². The van der Waals surface area contributed by atoms with Crippen molar-refractivity contribution in [1.82, 2.24) is 16.0 Å². The van der Waals surface area contributed by atoms with Crippen LogP contribution < -0.4 is 21.7 Å². The van der Waals surface area contributed by atoms with E-state index in [0.717, 1.165) is 0 Å². The van der Waals surface area contributed by atoms with Gasteiger partial charge in [0.15, 0.2) is 0 Å². The molecule has 4 unspecified atom stereocenters. The topological polar surface area (TPSA) is 208 Å². The number of hydrogen-bond donors (Lipinski definition) is 7. The number of aromatic hydroxyl groups is 1. The van der Waals surface area contributed by atoms with Gasteiger partial charge in [-0.1, -0.05) is 39.8 Å². The summed E-state index contributed by atoms with van der Waals surface area (Å²) in [6.45, 7) is 6.71. The van der Waals surface area contributed by atoms with Crippen molar-refractivity contribution in [2.75, 3.05) is 0 Å². The largest absolute Gasteiger partial charge is 0.508 e. The Kier molecular flexibility index (Phi) is 11.1. The number of phenolic OH excluding ortho intramolecular Hbond substituents is 1. The Morgan fingerprint density at radius 1 is 0.800 bits per heavy atom. The van der Waals surface area contributed by atoms with Crippen LogP contribution in [-0.4, -0.2) is 69.1 Å². The molecular formula is C23H34N4O8. The normalized spacial score (nSPS) is 14.5. The number of hydrogen-bond acceptors (Lipinski definition) is 7. The molecule has 1 aromatic carbocycles. The predicted molar refractivity (Wildman–Crippen MR) is 125 cm³/mol. The molecule has 0 bridgehead atoms. The van der Waals surface area contributed by atoms with E-state index in [0.29, 0.717) is 5.56 Å². The van der Waals surface area contributed by atoms with E-state index in [2.05, 4.69) is 16.0 Å². The lowest BCUT2D eigenvalue weighted by molar-refractivity contribution is -0.147. The van der Waals surface area contributed by atoms with E-state index in [-0.39, 0.29) is 18.1 Å². The highest BCUT2D eigenvalue weighted by Crippen LogP contribution is 2.13. The Labute approximate surface area is 203 Å². The number of carbonyl (C=O) groups is 5. The molecule has 1 aromatic rings. The number of nitrogens with two attached hydrogens (primary N) is 1. The number of phenols is 1. The molecule has 194 valence electrons. The lowest BCUT2D eigenvalue weighted by atomic mass is 9.99. The molecular weight excluding hydrogens is 460 g/mol. The molecule has 35 heavy (non-hydrogen) atoms. The zero-order valence-corrected chi connectivity index (χ0v) is 20.1. The Bertz CT molecular complexity index is 917. The van der Waals surface area contributed by atoms with Gasteiger partial charge in [-0.15, -0.1) is 0 Å². The van der Waals surface area contributed by atoms with Crippen LogP contribution in [0.4, 0.5) is 0 Å². The fourth-order valence-electron chi connectivity index (χ4n) is 3.07. The van der Waals surface area contributed by atoms with E-state index in [9.17, 15) is 34.2 Å². The van der Waals surface area contributed by atoms with Gasteiger partial charge in [-0.3, -0.25) is 19.2 Å². The highest BCUT2D eigenvalue weighted by atomic mass is 16.4. The van der Waals surface area contributed by atoms with Crippen LogP contribution in [0.25, 0.3) is 0 Å². The number of nitrogens with one attached hydrogen (secondary N) is 3. The molecule has 0 aliphatic rings. The number of amides is 3. The second-order valence-corrected chi connectivity index (χ2v) is 8.93. The Hall–Kier alpha value is -3.67. The van der Waals surface area contributed by atoms with E-state index in [1.54, 1.807) is 39.8 Å². The minimum Gasteiger partial charge on any atom is -0.508 e. The Balaban J connectivity index is 3.11. The molecule has 3 amide bonds. The number of aliphatic carboxylic acids is 2. The van der Waals surface area contributed by atoms with Crippen molar-refractivity contribution in [3.63, 3.8) is 0 Å². The van der Waals surface area contributed by atoms with Gasteiger partial charge in [0.2, 0.25) is 17.7 Å². The molecule has 0 fully saturated rings. The van der Waals surface area contributed by atoms with Crippen LogP contribution in [-0.2, 0) is 30.4 Å². The summed E-state index contributed by atoms with van der Waals surface area (Å²) < 4.78 is 0. The fraction of sp³-hybridized carbons (Fsp3) is 0.522. The third kappa shape index (κ3) is 9.61. The average Bonchev–Trinajstić information content (AvgIpc) is 2.76. The average molecular weight is 495 g/mol. The van der Waals surface area contributed by atoms with Gasteiger partial charge in [-0.25, -0.2) is 4.79 Å². The third-order valence-electron chi connectivity index (χ3n) is 5.27. The first-order chi connectivity index (χ1) is 16.2. The summed E-state index contributed by atoms with van der Waals surface area (Å²) in [5.74, 6) is -5.80. The molecule has 4 atom stereocenters. The standard InChI is InChI=1S/C23H34N4O8/c1-11(2)18(24)21(32)25-15(9-13-5-7-14(28)8-6-13)20(31)27-19(12(3)4)22(33)26-16(23(34)35)10-17(29)30/h5-8,11-12,15-16,18-19,28H,9-10,24H2,1-4H3,(H,25,32)(H,26,33)(H,27,31)(H,29,30)(H,34,35). The van der Waals surface area contributed by atoms with E-state index >= 15 is 0 Å². The van der Waals surface area contributed by atoms with Crippen molar-refractivity contribution in [2.24, 2.45) is 17.6 Å². The summed E-state index contributed by atoms with van der Waals surface area (Å²) in [4.78, 5) is 60.7. The second-order valence-electron chi connectivity index (χ2n) is 8.93. The van der Waals surface area contributed by atoms with Crippen LogP contribution >= 0.6 is 0 Å². The summed E-state index contributed by atoms with van der Waals surface area (Å²) >= 11 is 0. The van der Waals surface area contributed by atoms with E-state index in [4.69, 9.17) is 10.8 Å². The maximum absolute atomic E-state index is 13.2. The molecule has 0 saturated heterocycles. The van der Waals surface area contributed by atoms with Crippen LogP contribution in [0.5, 0.6) is 5.75 Å². The summed E-state index contributed by atoms with van der Waals surface area (Å²) in [7, 11) is 0. The number of carbonyl (C=O) groups excluding carboxylic acids is 3. The molecule has 12 heteroatoms.